The maximum absolute atomic E-state index is 15.6. The SMILES string of the molecule is CC/C(=C\c1ccc(C(F)(F)C(O)(Cn2cnnn2)c2ccc(F)cc2F)nc1)C(=O)O. The molecule has 3 rings (SSSR count). The summed E-state index contributed by atoms with van der Waals surface area (Å²) < 4.78 is 59.8. The van der Waals surface area contributed by atoms with Gasteiger partial charge in [-0.15, -0.1) is 5.10 Å². The Kier molecular flexibility index (Phi) is 6.35. The van der Waals surface area contributed by atoms with E-state index in [9.17, 15) is 18.7 Å². The molecule has 0 spiro atoms. The van der Waals surface area contributed by atoms with E-state index in [1.165, 1.54) is 12.1 Å². The Morgan fingerprint density at radius 1 is 1.22 bits per heavy atom. The summed E-state index contributed by atoms with van der Waals surface area (Å²) in [4.78, 5) is 14.8. The van der Waals surface area contributed by atoms with Gasteiger partial charge in [-0.3, -0.25) is 4.98 Å². The number of carboxylic acid groups (broad SMARTS) is 1. The molecule has 0 aliphatic carbocycles. The van der Waals surface area contributed by atoms with Crippen LogP contribution in [0.25, 0.3) is 6.08 Å². The maximum Gasteiger partial charge on any atom is 0.331 e. The van der Waals surface area contributed by atoms with Crippen molar-refractivity contribution in [1.29, 1.82) is 0 Å². The van der Waals surface area contributed by atoms with Crippen molar-refractivity contribution in [3.05, 3.63) is 76.9 Å². The number of alkyl halides is 2. The number of aromatic nitrogens is 5. The Morgan fingerprint density at radius 2 is 1.97 bits per heavy atom. The summed E-state index contributed by atoms with van der Waals surface area (Å²) in [5.41, 5.74) is -4.79. The van der Waals surface area contributed by atoms with Gasteiger partial charge < -0.3 is 10.2 Å². The second-order valence-corrected chi connectivity index (χ2v) is 6.87. The molecule has 2 heterocycles. The lowest BCUT2D eigenvalue weighted by atomic mass is 9.84. The molecule has 2 aromatic heterocycles. The third kappa shape index (κ3) is 4.35. The first-order valence-electron chi connectivity index (χ1n) is 9.25. The first kappa shape index (κ1) is 23.0. The molecule has 0 fully saturated rings. The number of tetrazole rings is 1. The number of aliphatic hydroxyl groups is 1. The predicted molar refractivity (Wildman–Crippen MR) is 102 cm³/mol. The van der Waals surface area contributed by atoms with Gasteiger partial charge in [0.25, 0.3) is 0 Å². The van der Waals surface area contributed by atoms with E-state index >= 15 is 8.78 Å². The number of aliphatic carboxylic acids is 1. The van der Waals surface area contributed by atoms with Crippen LogP contribution in [0.2, 0.25) is 0 Å². The smallest absolute Gasteiger partial charge is 0.331 e. The lowest BCUT2D eigenvalue weighted by molar-refractivity contribution is -0.207. The topological polar surface area (TPSA) is 114 Å². The van der Waals surface area contributed by atoms with Crippen LogP contribution < -0.4 is 0 Å². The number of carbonyl (C=O) groups is 1. The van der Waals surface area contributed by atoms with Crippen molar-refractivity contribution in [1.82, 2.24) is 25.2 Å². The van der Waals surface area contributed by atoms with Crippen LogP contribution in [0.15, 0.2) is 48.4 Å². The van der Waals surface area contributed by atoms with Crippen molar-refractivity contribution in [2.45, 2.75) is 31.4 Å². The maximum atomic E-state index is 15.6. The molecular formula is C20H17F4N5O3. The van der Waals surface area contributed by atoms with Crippen molar-refractivity contribution in [2.24, 2.45) is 0 Å². The summed E-state index contributed by atoms with van der Waals surface area (Å²) in [5, 5.41) is 30.2. The van der Waals surface area contributed by atoms with Gasteiger partial charge in [-0.25, -0.2) is 18.3 Å². The average molecular weight is 451 g/mol. The molecule has 1 atom stereocenters. The molecule has 168 valence electrons. The van der Waals surface area contributed by atoms with Gasteiger partial charge in [0, 0.05) is 23.4 Å². The van der Waals surface area contributed by atoms with E-state index in [0.717, 1.165) is 29.3 Å². The van der Waals surface area contributed by atoms with Crippen LogP contribution >= 0.6 is 0 Å². The minimum atomic E-state index is -4.19. The van der Waals surface area contributed by atoms with Crippen molar-refractivity contribution in [3.8, 4) is 0 Å². The third-order valence-corrected chi connectivity index (χ3v) is 4.78. The van der Waals surface area contributed by atoms with Crippen molar-refractivity contribution >= 4 is 12.0 Å². The molecule has 0 aliphatic rings. The molecule has 1 aromatic carbocycles. The summed E-state index contributed by atoms with van der Waals surface area (Å²) in [7, 11) is 0. The highest BCUT2D eigenvalue weighted by Crippen LogP contribution is 2.46. The number of nitrogens with zero attached hydrogens (tertiary/aromatic N) is 5. The van der Waals surface area contributed by atoms with Crippen LogP contribution in [-0.4, -0.2) is 41.4 Å². The summed E-state index contributed by atoms with van der Waals surface area (Å²) >= 11 is 0. The van der Waals surface area contributed by atoms with Crippen LogP contribution in [0, 0.1) is 11.6 Å². The lowest BCUT2D eigenvalue weighted by Crippen LogP contribution is -2.48. The molecule has 1 unspecified atom stereocenters. The number of halogens is 4. The van der Waals surface area contributed by atoms with Gasteiger partial charge in [0.2, 0.25) is 0 Å². The third-order valence-electron chi connectivity index (χ3n) is 4.78. The number of hydrogen-bond donors (Lipinski definition) is 2. The minimum absolute atomic E-state index is 0.0369. The first-order chi connectivity index (χ1) is 15.1. The van der Waals surface area contributed by atoms with E-state index < -0.39 is 46.9 Å². The van der Waals surface area contributed by atoms with E-state index in [1.807, 2.05) is 0 Å². The van der Waals surface area contributed by atoms with Crippen LogP contribution in [0.1, 0.15) is 30.2 Å². The fourth-order valence-electron chi connectivity index (χ4n) is 3.07. The fourth-order valence-corrected chi connectivity index (χ4v) is 3.07. The Bertz CT molecular complexity index is 1140. The van der Waals surface area contributed by atoms with Gasteiger partial charge in [-0.05, 0) is 46.7 Å². The second kappa shape index (κ2) is 8.83. The van der Waals surface area contributed by atoms with Gasteiger partial charge in [0.1, 0.15) is 23.7 Å². The van der Waals surface area contributed by atoms with Crippen molar-refractivity contribution in [3.63, 3.8) is 0 Å². The summed E-state index contributed by atoms with van der Waals surface area (Å²) in [6.07, 6.45) is 3.41. The molecular weight excluding hydrogens is 434 g/mol. The largest absolute Gasteiger partial charge is 0.478 e. The molecule has 32 heavy (non-hydrogen) atoms. The molecule has 12 heteroatoms. The lowest BCUT2D eigenvalue weighted by Gasteiger charge is -2.35. The standard InChI is InChI=1S/C20H17F4N5O3/c1-2-13(18(30)31)7-12-3-6-17(25-9-12)20(23,24)19(32,10-29-11-26-27-28-29)15-5-4-14(21)8-16(15)22/h3-9,11,32H,2,10H2,1H3,(H,30,31)/b13-7+. The first-order valence-corrected chi connectivity index (χ1v) is 9.25. The Labute approximate surface area is 178 Å². The van der Waals surface area contributed by atoms with Gasteiger partial charge in [0.05, 0.1) is 6.54 Å². The van der Waals surface area contributed by atoms with E-state index in [4.69, 9.17) is 5.11 Å². The zero-order valence-electron chi connectivity index (χ0n) is 16.6. The van der Waals surface area contributed by atoms with Crippen LogP contribution in [0.5, 0.6) is 0 Å². The highest BCUT2D eigenvalue weighted by molar-refractivity contribution is 5.91. The monoisotopic (exact) mass is 451 g/mol. The molecule has 0 bridgehead atoms. The number of benzene rings is 1. The number of rotatable bonds is 8. The summed E-state index contributed by atoms with van der Waals surface area (Å²) in [6.45, 7) is 0.643. The van der Waals surface area contributed by atoms with E-state index in [2.05, 4.69) is 20.5 Å². The Balaban J connectivity index is 2.08. The van der Waals surface area contributed by atoms with Gasteiger partial charge >= 0.3 is 11.9 Å². The van der Waals surface area contributed by atoms with E-state index in [-0.39, 0.29) is 17.6 Å². The molecule has 2 N–H and O–H groups in total. The highest BCUT2D eigenvalue weighted by atomic mass is 19.3. The molecule has 0 saturated heterocycles. The minimum Gasteiger partial charge on any atom is -0.478 e. The van der Waals surface area contributed by atoms with E-state index in [1.54, 1.807) is 6.92 Å². The van der Waals surface area contributed by atoms with Gasteiger partial charge in [-0.2, -0.15) is 8.78 Å². The number of hydrogen-bond acceptors (Lipinski definition) is 6. The zero-order chi connectivity index (χ0) is 23.5. The number of carboxylic acids is 1. The Morgan fingerprint density at radius 3 is 2.50 bits per heavy atom. The van der Waals surface area contributed by atoms with Crippen molar-refractivity contribution < 1.29 is 32.6 Å². The molecule has 8 nitrogen and oxygen atoms in total. The number of pyridine rings is 1. The zero-order valence-corrected chi connectivity index (χ0v) is 16.6. The quantitative estimate of drug-likeness (QED) is 0.400. The normalized spacial score (nSPS) is 14.2. The van der Waals surface area contributed by atoms with Crippen LogP contribution in [-0.2, 0) is 22.9 Å². The molecule has 0 amide bonds. The van der Waals surface area contributed by atoms with Gasteiger partial charge in [-0.1, -0.05) is 13.0 Å². The molecule has 0 radical (unpaired) electrons. The van der Waals surface area contributed by atoms with Crippen LogP contribution in [0.3, 0.4) is 0 Å². The van der Waals surface area contributed by atoms with Crippen LogP contribution in [0.4, 0.5) is 17.6 Å². The second-order valence-electron chi connectivity index (χ2n) is 6.87. The molecule has 0 saturated carbocycles. The highest BCUT2D eigenvalue weighted by Gasteiger charge is 2.57. The average Bonchev–Trinajstić information content (AvgIpc) is 3.24. The molecule has 0 aliphatic heterocycles. The predicted octanol–water partition coefficient (Wildman–Crippen LogP) is 2.90. The van der Waals surface area contributed by atoms with Crippen molar-refractivity contribution in [2.75, 3.05) is 0 Å². The van der Waals surface area contributed by atoms with E-state index in [0.29, 0.717) is 12.1 Å². The fraction of sp³-hybridized carbons (Fsp3) is 0.250. The van der Waals surface area contributed by atoms with Gasteiger partial charge in [0.15, 0.2) is 5.60 Å². The summed E-state index contributed by atoms with van der Waals surface area (Å²) in [6, 6.07) is 3.88. The molecule has 3 aromatic rings. The summed E-state index contributed by atoms with van der Waals surface area (Å²) in [5.74, 6) is -7.77. The Hall–Kier alpha value is -3.67.